The van der Waals surface area contributed by atoms with Gasteiger partial charge in [-0.2, -0.15) is 4.98 Å². The number of fused-ring (bicyclic) bond motifs is 1. The van der Waals surface area contributed by atoms with E-state index >= 15 is 0 Å². The van der Waals surface area contributed by atoms with Crippen molar-refractivity contribution in [2.24, 2.45) is 0 Å². The summed E-state index contributed by atoms with van der Waals surface area (Å²) in [6.45, 7) is 2.82. The maximum absolute atomic E-state index is 14.9. The summed E-state index contributed by atoms with van der Waals surface area (Å²) in [6, 6.07) is 16.4. The molecule has 0 atom stereocenters. The number of hydrogen-bond donors (Lipinski definition) is 3. The number of pyridine rings is 1. The Morgan fingerprint density at radius 1 is 0.902 bits per heavy atom. The number of rotatable bonds is 8. The highest BCUT2D eigenvalue weighted by molar-refractivity contribution is 6.05. The van der Waals surface area contributed by atoms with Crippen LogP contribution in [0.5, 0.6) is 0 Å². The van der Waals surface area contributed by atoms with Crippen LogP contribution in [-0.2, 0) is 0 Å². The van der Waals surface area contributed by atoms with Crippen molar-refractivity contribution in [3.8, 4) is 16.9 Å². The summed E-state index contributed by atoms with van der Waals surface area (Å²) >= 11 is 0. The molecular weight excluding hydrogens is 533 g/mol. The van der Waals surface area contributed by atoms with E-state index in [-0.39, 0.29) is 11.6 Å². The third-order valence-electron chi connectivity index (χ3n) is 6.43. The summed E-state index contributed by atoms with van der Waals surface area (Å²) in [6.07, 6.45) is 0. The van der Waals surface area contributed by atoms with Gasteiger partial charge in [-0.05, 0) is 74.1 Å². The number of carbonyl (C=O) groups is 1. The van der Waals surface area contributed by atoms with Crippen LogP contribution < -0.4 is 21.5 Å². The van der Waals surface area contributed by atoms with E-state index in [1.807, 2.05) is 6.92 Å². The molecule has 0 spiro atoms. The maximum Gasteiger partial charge on any atom is 0.256 e. The summed E-state index contributed by atoms with van der Waals surface area (Å²) in [7, 11) is 1.78. The second-order valence-corrected chi connectivity index (χ2v) is 9.23. The fraction of sp³-hybridized carbons (Fsp3) is 0.133. The topological polar surface area (TPSA) is 101 Å². The number of aryl methyl sites for hydroxylation is 1. The Morgan fingerprint density at radius 3 is 2.34 bits per heavy atom. The minimum Gasteiger partial charge on any atom is -0.353 e. The number of amides is 1. The van der Waals surface area contributed by atoms with Crippen LogP contribution in [-0.4, -0.2) is 40.6 Å². The van der Waals surface area contributed by atoms with Gasteiger partial charge in [0, 0.05) is 41.4 Å². The molecule has 208 valence electrons. The monoisotopic (exact) mass is 558 g/mol. The van der Waals surface area contributed by atoms with Gasteiger partial charge in [-0.1, -0.05) is 12.1 Å². The molecule has 0 radical (unpaired) electrons. The number of nitrogens with zero attached hydrogens (tertiary/aromatic N) is 3. The van der Waals surface area contributed by atoms with E-state index in [0.29, 0.717) is 41.0 Å². The Hall–Kier alpha value is -5.03. The minimum absolute atomic E-state index is 0.0148. The molecule has 5 rings (SSSR count). The van der Waals surface area contributed by atoms with Crippen LogP contribution in [0.25, 0.3) is 28.0 Å². The Balaban J connectivity index is 1.70. The zero-order chi connectivity index (χ0) is 29.1. The van der Waals surface area contributed by atoms with Crippen molar-refractivity contribution >= 4 is 28.6 Å². The van der Waals surface area contributed by atoms with Crippen molar-refractivity contribution in [1.82, 2.24) is 19.9 Å². The second kappa shape index (κ2) is 11.6. The van der Waals surface area contributed by atoms with Crippen LogP contribution >= 0.6 is 0 Å². The van der Waals surface area contributed by atoms with Gasteiger partial charge in [-0.15, -0.1) is 0 Å². The van der Waals surface area contributed by atoms with Crippen LogP contribution in [0.4, 0.5) is 24.8 Å². The van der Waals surface area contributed by atoms with E-state index in [1.165, 1.54) is 42.5 Å². The molecule has 41 heavy (non-hydrogen) atoms. The van der Waals surface area contributed by atoms with Gasteiger partial charge < -0.3 is 16.0 Å². The van der Waals surface area contributed by atoms with Gasteiger partial charge in [-0.25, -0.2) is 18.2 Å². The molecule has 0 unspecified atom stereocenters. The standard InChI is InChI=1S/C30H25F3N6O2/c1-17-6-7-18(29(41)36-20-10-8-19(31)9-11-20)16-22(17)26-21-12-13-25(40)39(27-23(32)4-3-5-24(27)33)28(21)38-30(37-26)35-15-14-34-2/h3-13,16,34H,14-15H2,1-2H3,(H,36,41)(H,35,37,38). The Kier molecular flexibility index (Phi) is 7.79. The highest BCUT2D eigenvalue weighted by atomic mass is 19.1. The van der Waals surface area contributed by atoms with E-state index in [1.54, 1.807) is 25.2 Å². The molecule has 0 aliphatic carbocycles. The third kappa shape index (κ3) is 5.66. The van der Waals surface area contributed by atoms with Gasteiger partial charge in [0.2, 0.25) is 5.95 Å². The number of anilines is 2. The molecule has 0 aliphatic heterocycles. The van der Waals surface area contributed by atoms with Crippen molar-refractivity contribution in [3.63, 3.8) is 0 Å². The van der Waals surface area contributed by atoms with E-state index < -0.39 is 34.6 Å². The SMILES string of the molecule is CNCCNc1nc(-c2cc(C(=O)Nc3ccc(F)cc3)ccc2C)c2ccc(=O)n(-c3c(F)cccc3F)c2n1. The van der Waals surface area contributed by atoms with Gasteiger partial charge in [-0.3, -0.25) is 14.2 Å². The molecule has 11 heteroatoms. The lowest BCUT2D eigenvalue weighted by molar-refractivity contribution is 0.102. The molecule has 2 aromatic heterocycles. The van der Waals surface area contributed by atoms with Crippen molar-refractivity contribution in [2.75, 3.05) is 30.8 Å². The minimum atomic E-state index is -0.930. The molecule has 0 bridgehead atoms. The number of hydrogen-bond acceptors (Lipinski definition) is 6. The van der Waals surface area contributed by atoms with E-state index in [9.17, 15) is 22.8 Å². The van der Waals surface area contributed by atoms with E-state index in [4.69, 9.17) is 0 Å². The zero-order valence-electron chi connectivity index (χ0n) is 22.1. The predicted octanol–water partition coefficient (Wildman–Crippen LogP) is 5.06. The molecule has 0 saturated heterocycles. The first kappa shape index (κ1) is 27.5. The van der Waals surface area contributed by atoms with Crippen LogP contribution in [0.3, 0.4) is 0 Å². The van der Waals surface area contributed by atoms with Crippen molar-refractivity contribution in [2.45, 2.75) is 6.92 Å². The quantitative estimate of drug-likeness (QED) is 0.230. The average Bonchev–Trinajstić information content (AvgIpc) is 2.95. The lowest BCUT2D eigenvalue weighted by Crippen LogP contribution is -2.23. The van der Waals surface area contributed by atoms with Gasteiger partial charge in [0.25, 0.3) is 11.5 Å². The Bertz CT molecular complexity index is 1800. The van der Waals surface area contributed by atoms with Crippen LogP contribution in [0.15, 0.2) is 77.6 Å². The van der Waals surface area contributed by atoms with Gasteiger partial charge in [0.15, 0.2) is 5.65 Å². The highest BCUT2D eigenvalue weighted by Crippen LogP contribution is 2.32. The first-order valence-corrected chi connectivity index (χ1v) is 12.7. The molecule has 0 aliphatic rings. The lowest BCUT2D eigenvalue weighted by atomic mass is 9.99. The molecule has 1 amide bonds. The third-order valence-corrected chi connectivity index (χ3v) is 6.43. The fourth-order valence-electron chi connectivity index (χ4n) is 4.37. The van der Waals surface area contributed by atoms with Crippen LogP contribution in [0.2, 0.25) is 0 Å². The highest BCUT2D eigenvalue weighted by Gasteiger charge is 2.21. The van der Waals surface area contributed by atoms with Crippen molar-refractivity contribution < 1.29 is 18.0 Å². The smallest absolute Gasteiger partial charge is 0.256 e. The summed E-state index contributed by atoms with van der Waals surface area (Å²) in [5.41, 5.74) is 1.09. The maximum atomic E-state index is 14.9. The normalized spacial score (nSPS) is 11.0. The number of halogens is 3. The number of nitrogens with one attached hydrogen (secondary N) is 3. The van der Waals surface area contributed by atoms with Crippen molar-refractivity contribution in [1.29, 1.82) is 0 Å². The molecule has 0 fully saturated rings. The molecular formula is C30H25F3N6O2. The summed E-state index contributed by atoms with van der Waals surface area (Å²) < 4.78 is 44.0. The summed E-state index contributed by atoms with van der Waals surface area (Å²) in [5, 5.41) is 9.14. The van der Waals surface area contributed by atoms with Gasteiger partial charge in [0.1, 0.15) is 23.1 Å². The van der Waals surface area contributed by atoms with Crippen LogP contribution in [0, 0.1) is 24.4 Å². The van der Waals surface area contributed by atoms with Gasteiger partial charge in [0.05, 0.1) is 5.69 Å². The largest absolute Gasteiger partial charge is 0.353 e. The summed E-state index contributed by atoms with van der Waals surface area (Å²) in [5.74, 6) is -2.60. The molecule has 3 N–H and O–H groups in total. The Labute approximate surface area is 232 Å². The second-order valence-electron chi connectivity index (χ2n) is 9.23. The Morgan fingerprint density at radius 2 is 1.63 bits per heavy atom. The first-order valence-electron chi connectivity index (χ1n) is 12.7. The fourth-order valence-corrected chi connectivity index (χ4v) is 4.37. The summed E-state index contributed by atoms with van der Waals surface area (Å²) in [4.78, 5) is 35.3. The molecule has 5 aromatic rings. The van der Waals surface area contributed by atoms with Crippen LogP contribution in [0.1, 0.15) is 15.9 Å². The predicted molar refractivity (Wildman–Crippen MR) is 152 cm³/mol. The number of benzene rings is 3. The van der Waals surface area contributed by atoms with E-state index in [0.717, 1.165) is 22.3 Å². The van der Waals surface area contributed by atoms with Crippen molar-refractivity contribution in [3.05, 3.63) is 112 Å². The average molecular weight is 559 g/mol. The van der Waals surface area contributed by atoms with Gasteiger partial charge >= 0.3 is 0 Å². The molecule has 8 nitrogen and oxygen atoms in total. The number of para-hydroxylation sites is 1. The molecule has 0 saturated carbocycles. The number of carbonyl (C=O) groups excluding carboxylic acids is 1. The van der Waals surface area contributed by atoms with E-state index in [2.05, 4.69) is 25.9 Å². The number of likely N-dealkylation sites (N-methyl/N-ethyl adjacent to an activating group) is 1. The number of aromatic nitrogens is 3. The molecule has 2 heterocycles. The lowest BCUT2D eigenvalue weighted by Gasteiger charge is -2.16. The zero-order valence-corrected chi connectivity index (χ0v) is 22.1. The first-order chi connectivity index (χ1) is 19.8. The molecule has 3 aromatic carbocycles.